The Hall–Kier alpha value is -1.83. The minimum atomic E-state index is -0.948. The Bertz CT molecular complexity index is 393. The number of hydrogen-bond donors (Lipinski definition) is 3. The number of carbonyl (C=O) groups excluding carboxylic acids is 2. The van der Waals surface area contributed by atoms with Crippen molar-refractivity contribution in [3.05, 3.63) is 0 Å². The van der Waals surface area contributed by atoms with E-state index >= 15 is 0 Å². The van der Waals surface area contributed by atoms with Gasteiger partial charge in [-0.1, -0.05) is 11.6 Å². The van der Waals surface area contributed by atoms with E-state index in [9.17, 15) is 9.59 Å². The molecule has 0 atom stereocenters. The Morgan fingerprint density at radius 3 is 2.60 bits per heavy atom. The Morgan fingerprint density at radius 2 is 2.15 bits per heavy atom. The molecule has 1 aliphatic rings. The summed E-state index contributed by atoms with van der Waals surface area (Å²) in [5, 5.41) is 14.4. The van der Waals surface area contributed by atoms with Crippen LogP contribution < -0.4 is 11.1 Å². The van der Waals surface area contributed by atoms with Gasteiger partial charge in [-0.05, 0) is 12.8 Å². The zero-order chi connectivity index (χ0) is 15.2. The molecule has 1 fully saturated rings. The number of nitrogens with zero attached hydrogens (tertiary/aromatic N) is 2. The van der Waals surface area contributed by atoms with Crippen LogP contribution in [0.4, 0.5) is 0 Å². The summed E-state index contributed by atoms with van der Waals surface area (Å²) in [5.41, 5.74) is 4.67. The second-order valence-corrected chi connectivity index (χ2v) is 4.92. The summed E-state index contributed by atoms with van der Waals surface area (Å²) in [6.45, 7) is 0.739. The number of oxime groups is 1. The highest BCUT2D eigenvalue weighted by molar-refractivity contribution is 6.08. The highest BCUT2D eigenvalue weighted by Crippen LogP contribution is 2.42. The Morgan fingerprint density at radius 1 is 1.50 bits per heavy atom. The summed E-state index contributed by atoms with van der Waals surface area (Å²) >= 11 is 0. The Labute approximate surface area is 117 Å². The van der Waals surface area contributed by atoms with Gasteiger partial charge in [-0.3, -0.25) is 9.59 Å². The summed E-state index contributed by atoms with van der Waals surface area (Å²) < 4.78 is 4.82. The lowest BCUT2D eigenvalue weighted by Crippen LogP contribution is -2.55. The molecule has 4 N–H and O–H groups in total. The van der Waals surface area contributed by atoms with E-state index in [0.29, 0.717) is 26.0 Å². The minimum absolute atomic E-state index is 0.0665. The van der Waals surface area contributed by atoms with Gasteiger partial charge in [-0.25, -0.2) is 0 Å². The molecule has 0 heterocycles. The number of amides is 2. The van der Waals surface area contributed by atoms with Crippen molar-refractivity contribution in [2.24, 2.45) is 16.3 Å². The fourth-order valence-electron chi connectivity index (χ4n) is 2.21. The van der Waals surface area contributed by atoms with E-state index in [2.05, 4.69) is 10.5 Å². The number of nitrogens with two attached hydrogens (primary N) is 1. The summed E-state index contributed by atoms with van der Waals surface area (Å²) in [4.78, 5) is 25.3. The van der Waals surface area contributed by atoms with Gasteiger partial charge in [0, 0.05) is 20.7 Å². The molecular weight excluding hydrogens is 264 g/mol. The number of likely N-dealkylation sites (N-methyl/N-ethyl adjacent to an activating group) is 1. The SMILES string of the molecule is COCCNC(=O)CN(C)C(=O)C1(C(N)=NO)CCC1. The van der Waals surface area contributed by atoms with Crippen LogP contribution in [0.2, 0.25) is 0 Å². The van der Waals surface area contributed by atoms with Crippen molar-refractivity contribution in [1.82, 2.24) is 10.2 Å². The molecule has 2 amide bonds. The lowest BCUT2D eigenvalue weighted by molar-refractivity contribution is -0.143. The molecule has 8 nitrogen and oxygen atoms in total. The maximum absolute atomic E-state index is 12.4. The second-order valence-electron chi connectivity index (χ2n) is 4.92. The molecule has 20 heavy (non-hydrogen) atoms. The highest BCUT2D eigenvalue weighted by atomic mass is 16.5. The van der Waals surface area contributed by atoms with Gasteiger partial charge in [0.2, 0.25) is 11.8 Å². The number of hydrogen-bond acceptors (Lipinski definition) is 5. The van der Waals surface area contributed by atoms with Crippen LogP contribution in [0.3, 0.4) is 0 Å². The molecule has 0 bridgehead atoms. The third-order valence-electron chi connectivity index (χ3n) is 3.57. The van der Waals surface area contributed by atoms with Crippen molar-refractivity contribution in [2.75, 3.05) is 33.9 Å². The number of rotatable bonds is 7. The van der Waals surface area contributed by atoms with Crippen LogP contribution in [0.15, 0.2) is 5.16 Å². The molecule has 0 unspecified atom stereocenters. The highest BCUT2D eigenvalue weighted by Gasteiger charge is 2.49. The Kier molecular flexibility index (Phi) is 5.75. The predicted octanol–water partition coefficient (Wildman–Crippen LogP) is -0.876. The third kappa shape index (κ3) is 3.38. The molecule has 0 aromatic rings. The molecular formula is C12H22N4O4. The summed E-state index contributed by atoms with van der Waals surface area (Å²) in [7, 11) is 3.07. The molecule has 1 aliphatic carbocycles. The lowest BCUT2D eigenvalue weighted by Gasteiger charge is -2.41. The van der Waals surface area contributed by atoms with Crippen LogP contribution >= 0.6 is 0 Å². The third-order valence-corrected chi connectivity index (χ3v) is 3.57. The molecule has 1 saturated carbocycles. The van der Waals surface area contributed by atoms with E-state index in [-0.39, 0.29) is 24.2 Å². The number of ether oxygens (including phenoxy) is 1. The summed E-state index contributed by atoms with van der Waals surface area (Å²) in [5.74, 6) is -0.645. The van der Waals surface area contributed by atoms with Gasteiger partial charge in [0.05, 0.1) is 13.2 Å². The molecule has 1 rings (SSSR count). The van der Waals surface area contributed by atoms with Gasteiger partial charge in [-0.2, -0.15) is 0 Å². The van der Waals surface area contributed by atoms with Crippen molar-refractivity contribution >= 4 is 17.6 Å². The van der Waals surface area contributed by atoms with Crippen molar-refractivity contribution in [1.29, 1.82) is 0 Å². The Balaban J connectivity index is 2.56. The first-order valence-corrected chi connectivity index (χ1v) is 6.47. The smallest absolute Gasteiger partial charge is 0.239 e. The molecule has 0 radical (unpaired) electrons. The van der Waals surface area contributed by atoms with Crippen LogP contribution in [-0.4, -0.2) is 61.6 Å². The fraction of sp³-hybridized carbons (Fsp3) is 0.750. The fourth-order valence-corrected chi connectivity index (χ4v) is 2.21. The van der Waals surface area contributed by atoms with Crippen LogP contribution in [0, 0.1) is 5.41 Å². The number of methoxy groups -OCH3 is 1. The average Bonchev–Trinajstić information content (AvgIpc) is 2.37. The summed E-state index contributed by atoms with van der Waals surface area (Å²) in [6.07, 6.45) is 1.92. The standard InChI is InChI=1S/C12H22N4O4/c1-16(8-9(17)14-6-7-20-2)11(18)12(4-3-5-12)10(13)15-19/h19H,3-8H2,1-2H3,(H2,13,15)(H,14,17). The van der Waals surface area contributed by atoms with Crippen LogP contribution in [0.5, 0.6) is 0 Å². The van der Waals surface area contributed by atoms with E-state index in [1.54, 1.807) is 7.11 Å². The first kappa shape index (κ1) is 16.2. The van der Waals surface area contributed by atoms with Gasteiger partial charge in [0.1, 0.15) is 5.41 Å². The minimum Gasteiger partial charge on any atom is -0.409 e. The molecule has 0 spiro atoms. The number of amidine groups is 1. The average molecular weight is 286 g/mol. The second kappa shape index (κ2) is 7.09. The van der Waals surface area contributed by atoms with E-state index < -0.39 is 5.41 Å². The molecule has 114 valence electrons. The zero-order valence-electron chi connectivity index (χ0n) is 11.9. The number of carbonyl (C=O) groups is 2. The summed E-state index contributed by atoms with van der Waals surface area (Å²) in [6, 6.07) is 0. The van der Waals surface area contributed by atoms with Crippen LogP contribution in [0.1, 0.15) is 19.3 Å². The quantitative estimate of drug-likeness (QED) is 0.185. The normalized spacial score (nSPS) is 17.2. The maximum Gasteiger partial charge on any atom is 0.239 e. The predicted molar refractivity (Wildman–Crippen MR) is 72.2 cm³/mol. The molecule has 8 heteroatoms. The van der Waals surface area contributed by atoms with Crippen LogP contribution in [-0.2, 0) is 14.3 Å². The first-order valence-electron chi connectivity index (χ1n) is 6.47. The number of nitrogens with one attached hydrogen (secondary N) is 1. The maximum atomic E-state index is 12.4. The van der Waals surface area contributed by atoms with E-state index in [1.165, 1.54) is 11.9 Å². The largest absolute Gasteiger partial charge is 0.409 e. The molecule has 0 aromatic heterocycles. The van der Waals surface area contributed by atoms with Crippen molar-refractivity contribution in [2.45, 2.75) is 19.3 Å². The topological polar surface area (TPSA) is 117 Å². The van der Waals surface area contributed by atoms with Gasteiger partial charge in [0.25, 0.3) is 0 Å². The van der Waals surface area contributed by atoms with E-state index in [1.807, 2.05) is 0 Å². The van der Waals surface area contributed by atoms with Crippen molar-refractivity contribution in [3.63, 3.8) is 0 Å². The first-order chi connectivity index (χ1) is 9.47. The van der Waals surface area contributed by atoms with Gasteiger partial charge < -0.3 is 25.9 Å². The lowest BCUT2D eigenvalue weighted by atomic mass is 9.67. The van der Waals surface area contributed by atoms with Gasteiger partial charge in [0.15, 0.2) is 5.84 Å². The van der Waals surface area contributed by atoms with Crippen LogP contribution in [0.25, 0.3) is 0 Å². The van der Waals surface area contributed by atoms with E-state index in [0.717, 1.165) is 6.42 Å². The monoisotopic (exact) mass is 286 g/mol. The van der Waals surface area contributed by atoms with E-state index in [4.69, 9.17) is 15.7 Å². The van der Waals surface area contributed by atoms with Crippen molar-refractivity contribution < 1.29 is 19.5 Å². The van der Waals surface area contributed by atoms with Gasteiger partial charge >= 0.3 is 0 Å². The molecule has 0 saturated heterocycles. The molecule has 0 aliphatic heterocycles. The van der Waals surface area contributed by atoms with Crippen molar-refractivity contribution in [3.8, 4) is 0 Å². The molecule has 0 aromatic carbocycles. The van der Waals surface area contributed by atoms with Gasteiger partial charge in [-0.15, -0.1) is 0 Å². The zero-order valence-corrected chi connectivity index (χ0v) is 11.9.